The van der Waals surface area contributed by atoms with Gasteiger partial charge in [0.25, 0.3) is 0 Å². The molecule has 0 saturated carbocycles. The number of carbonyl (C=O) groups is 1. The molecule has 1 saturated heterocycles. The lowest BCUT2D eigenvalue weighted by molar-refractivity contribution is -0.134. The van der Waals surface area contributed by atoms with Gasteiger partial charge in [0.05, 0.1) is 54.7 Å². The molecule has 0 bridgehead atoms. The normalized spacial score (nSPS) is 17.9. The van der Waals surface area contributed by atoms with Crippen LogP contribution in [0.5, 0.6) is 0 Å². The molecule has 4 heterocycles. The Hall–Kier alpha value is -2.06. The lowest BCUT2D eigenvalue weighted by atomic mass is 10.0. The monoisotopic (exact) mass is 448 g/mol. The molecule has 158 valence electrons. The van der Waals surface area contributed by atoms with Gasteiger partial charge in [-0.2, -0.15) is 5.10 Å². The van der Waals surface area contributed by atoms with Crippen LogP contribution < -0.4 is 0 Å². The summed E-state index contributed by atoms with van der Waals surface area (Å²) in [5, 5.41) is 9.07. The fraction of sp³-hybridized carbons (Fsp3) is 0.429. The topological polar surface area (TPSA) is 72.4 Å². The van der Waals surface area contributed by atoms with Gasteiger partial charge in [0, 0.05) is 53.8 Å². The predicted octanol–water partition coefficient (Wildman–Crippen LogP) is 3.73. The molecule has 0 spiro atoms. The van der Waals surface area contributed by atoms with E-state index in [2.05, 4.69) is 14.8 Å². The van der Waals surface area contributed by atoms with Gasteiger partial charge in [0.1, 0.15) is 0 Å². The minimum Gasteiger partial charge on any atom is -0.379 e. The number of aromatic nitrogens is 3. The second-order valence-electron chi connectivity index (χ2n) is 7.75. The smallest absolute Gasteiger partial charge is 0.223 e. The largest absolute Gasteiger partial charge is 0.379 e. The molecule has 1 N–H and O–H groups in total. The third-order valence-electron chi connectivity index (χ3n) is 5.84. The van der Waals surface area contributed by atoms with Gasteiger partial charge >= 0.3 is 0 Å². The number of benzene rings is 1. The fourth-order valence-corrected chi connectivity index (χ4v) is 4.82. The quantitative estimate of drug-likeness (QED) is 0.662. The summed E-state index contributed by atoms with van der Waals surface area (Å²) in [6.45, 7) is 4.10. The number of H-pyrrole nitrogens is 1. The maximum absolute atomic E-state index is 13.1. The lowest BCUT2D eigenvalue weighted by Crippen LogP contribution is -2.39. The SMILES string of the molecule is O=C(CC1COCCOC1)N1CCn2c(c(-c3cn[nH]c3)c3ccc(Cl)c(Cl)c32)C1. The maximum atomic E-state index is 13.1. The molecular formula is C21H22Cl2N4O3. The standard InChI is InChI=1S/C21H22Cl2N4O3/c22-16-2-1-15-19(14-8-24-25-9-14)17-10-26(3-4-27(17)21(15)20(16)23)18(28)7-13-11-29-5-6-30-12-13/h1-2,8-9,13H,3-7,10-12H2,(H,24,25). The summed E-state index contributed by atoms with van der Waals surface area (Å²) < 4.78 is 13.3. The Morgan fingerprint density at radius 1 is 1.20 bits per heavy atom. The van der Waals surface area contributed by atoms with Crippen LogP contribution in [-0.4, -0.2) is 58.5 Å². The van der Waals surface area contributed by atoms with Crippen LogP contribution in [-0.2, 0) is 27.4 Å². The highest BCUT2D eigenvalue weighted by molar-refractivity contribution is 6.45. The van der Waals surface area contributed by atoms with Crippen LogP contribution in [0.4, 0.5) is 0 Å². The number of hydrogen-bond donors (Lipinski definition) is 1. The summed E-state index contributed by atoms with van der Waals surface area (Å²) in [6, 6.07) is 3.81. The molecule has 3 aromatic rings. The van der Waals surface area contributed by atoms with E-state index in [9.17, 15) is 4.79 Å². The van der Waals surface area contributed by atoms with Crippen molar-refractivity contribution < 1.29 is 14.3 Å². The number of ether oxygens (including phenoxy) is 2. The van der Waals surface area contributed by atoms with Crippen molar-refractivity contribution in [2.24, 2.45) is 5.92 Å². The molecule has 0 unspecified atom stereocenters. The second-order valence-corrected chi connectivity index (χ2v) is 8.54. The van der Waals surface area contributed by atoms with Crippen LogP contribution >= 0.6 is 23.2 Å². The zero-order valence-electron chi connectivity index (χ0n) is 16.4. The average molecular weight is 449 g/mol. The third kappa shape index (κ3) is 3.50. The van der Waals surface area contributed by atoms with Gasteiger partial charge in [-0.15, -0.1) is 0 Å². The number of halogens is 2. The van der Waals surface area contributed by atoms with Crippen molar-refractivity contribution >= 4 is 40.0 Å². The van der Waals surface area contributed by atoms with Gasteiger partial charge in [0.2, 0.25) is 5.91 Å². The molecule has 9 heteroatoms. The molecule has 0 aliphatic carbocycles. The average Bonchev–Trinajstić information content (AvgIpc) is 3.30. The van der Waals surface area contributed by atoms with E-state index in [0.29, 0.717) is 62.5 Å². The van der Waals surface area contributed by atoms with Gasteiger partial charge in [0.15, 0.2) is 0 Å². The lowest BCUT2D eigenvalue weighted by Gasteiger charge is -2.31. The molecule has 1 aromatic carbocycles. The summed E-state index contributed by atoms with van der Waals surface area (Å²) in [5.74, 6) is 0.210. The van der Waals surface area contributed by atoms with Gasteiger partial charge in [-0.3, -0.25) is 9.89 Å². The van der Waals surface area contributed by atoms with Crippen LogP contribution in [0, 0.1) is 5.92 Å². The molecule has 1 fully saturated rings. The van der Waals surface area contributed by atoms with Crippen molar-refractivity contribution in [1.29, 1.82) is 0 Å². The predicted molar refractivity (Wildman–Crippen MR) is 115 cm³/mol. The molecule has 0 radical (unpaired) electrons. The summed E-state index contributed by atoms with van der Waals surface area (Å²) >= 11 is 12.9. The zero-order chi connectivity index (χ0) is 20.7. The first kappa shape index (κ1) is 19.9. The van der Waals surface area contributed by atoms with Gasteiger partial charge in [-0.25, -0.2) is 0 Å². The van der Waals surface area contributed by atoms with Crippen molar-refractivity contribution in [2.75, 3.05) is 33.0 Å². The van der Waals surface area contributed by atoms with Crippen molar-refractivity contribution in [3.05, 3.63) is 40.3 Å². The van der Waals surface area contributed by atoms with Crippen LogP contribution in [0.1, 0.15) is 12.1 Å². The number of aromatic amines is 1. The Morgan fingerprint density at radius 3 is 2.73 bits per heavy atom. The third-order valence-corrected chi connectivity index (χ3v) is 6.63. The molecule has 1 amide bonds. The van der Waals surface area contributed by atoms with Gasteiger partial charge < -0.3 is 18.9 Å². The first-order chi connectivity index (χ1) is 14.6. The van der Waals surface area contributed by atoms with Gasteiger partial charge in [-0.05, 0) is 6.07 Å². The highest BCUT2D eigenvalue weighted by Crippen LogP contribution is 2.42. The molecule has 5 rings (SSSR count). The highest BCUT2D eigenvalue weighted by Gasteiger charge is 2.30. The molecular weight excluding hydrogens is 427 g/mol. The first-order valence-electron chi connectivity index (χ1n) is 10.0. The first-order valence-corrected chi connectivity index (χ1v) is 10.8. The van der Waals surface area contributed by atoms with E-state index in [1.807, 2.05) is 23.2 Å². The Labute approximate surface area is 183 Å². The van der Waals surface area contributed by atoms with Crippen LogP contribution in [0.2, 0.25) is 10.0 Å². The van der Waals surface area contributed by atoms with Crippen LogP contribution in [0.25, 0.3) is 22.0 Å². The fourth-order valence-electron chi connectivity index (χ4n) is 4.41. The maximum Gasteiger partial charge on any atom is 0.223 e. The second kappa shape index (κ2) is 8.23. The molecule has 2 aliphatic rings. The summed E-state index contributed by atoms with van der Waals surface area (Å²) in [7, 11) is 0. The van der Waals surface area contributed by atoms with Crippen LogP contribution in [0.3, 0.4) is 0 Å². The number of hydrogen-bond acceptors (Lipinski definition) is 4. The van der Waals surface area contributed by atoms with E-state index < -0.39 is 0 Å². The van der Waals surface area contributed by atoms with E-state index in [-0.39, 0.29) is 11.8 Å². The molecule has 0 atom stereocenters. The number of fused-ring (bicyclic) bond motifs is 3. The van der Waals surface area contributed by atoms with Crippen molar-refractivity contribution in [2.45, 2.75) is 19.5 Å². The minimum atomic E-state index is 0.0920. The van der Waals surface area contributed by atoms with Crippen molar-refractivity contribution in [3.8, 4) is 11.1 Å². The minimum absolute atomic E-state index is 0.0920. The number of rotatable bonds is 3. The van der Waals surface area contributed by atoms with E-state index in [1.54, 1.807) is 6.20 Å². The van der Waals surface area contributed by atoms with Crippen molar-refractivity contribution in [1.82, 2.24) is 19.7 Å². The Balaban J connectivity index is 1.50. The number of carbonyl (C=O) groups excluding carboxylic acids is 1. The number of nitrogens with one attached hydrogen (secondary N) is 1. The Bertz CT molecular complexity index is 1070. The molecule has 7 nitrogen and oxygen atoms in total. The molecule has 2 aromatic heterocycles. The Morgan fingerprint density at radius 2 is 2.00 bits per heavy atom. The number of nitrogens with zero attached hydrogens (tertiary/aromatic N) is 3. The van der Waals surface area contributed by atoms with Gasteiger partial charge in [-0.1, -0.05) is 29.3 Å². The highest BCUT2D eigenvalue weighted by atomic mass is 35.5. The zero-order valence-corrected chi connectivity index (χ0v) is 17.9. The number of amides is 1. The Kier molecular flexibility index (Phi) is 5.45. The van der Waals surface area contributed by atoms with E-state index >= 15 is 0 Å². The van der Waals surface area contributed by atoms with Crippen molar-refractivity contribution in [3.63, 3.8) is 0 Å². The van der Waals surface area contributed by atoms with E-state index in [4.69, 9.17) is 32.7 Å². The molecule has 30 heavy (non-hydrogen) atoms. The van der Waals surface area contributed by atoms with E-state index in [0.717, 1.165) is 27.7 Å². The van der Waals surface area contributed by atoms with E-state index in [1.165, 1.54) is 0 Å². The summed E-state index contributed by atoms with van der Waals surface area (Å²) in [5.41, 5.74) is 3.96. The summed E-state index contributed by atoms with van der Waals surface area (Å²) in [6.07, 6.45) is 4.08. The summed E-state index contributed by atoms with van der Waals surface area (Å²) in [4.78, 5) is 15.0. The molecule has 2 aliphatic heterocycles. The van der Waals surface area contributed by atoms with Crippen LogP contribution in [0.15, 0.2) is 24.5 Å².